The smallest absolute Gasteiger partial charge is 0.137 e. The fraction of sp³-hybridized carbons (Fsp3) is 0.462. The fourth-order valence-electron chi connectivity index (χ4n) is 1.40. The van der Waals surface area contributed by atoms with E-state index in [9.17, 15) is 10.2 Å². The second kappa shape index (κ2) is 6.51. The van der Waals surface area contributed by atoms with Crippen molar-refractivity contribution in [1.29, 1.82) is 0 Å². The number of hydrogen-bond acceptors (Lipinski definition) is 3. The zero-order valence-corrected chi connectivity index (χ0v) is 14.9. The molecule has 0 saturated carbocycles. The Kier molecular flexibility index (Phi) is 5.85. The van der Waals surface area contributed by atoms with Gasteiger partial charge in [-0.15, -0.1) is 0 Å². The molecule has 0 unspecified atom stereocenters. The van der Waals surface area contributed by atoms with Gasteiger partial charge in [-0.3, -0.25) is 4.99 Å². The standard InChI is InChI=1S/C13H17I2NO2/c1-13(2,3)11(7-17)16-6-8-4-9(14)5-10(15)12(8)18/h4-6,11,17-18H,7H2,1-3H3/t11-/m1/s1. The van der Waals surface area contributed by atoms with Gasteiger partial charge in [-0.25, -0.2) is 0 Å². The van der Waals surface area contributed by atoms with Crippen molar-refractivity contribution >= 4 is 51.4 Å². The number of aliphatic hydroxyl groups excluding tert-OH is 1. The van der Waals surface area contributed by atoms with E-state index in [1.165, 1.54) is 0 Å². The molecule has 0 amide bonds. The summed E-state index contributed by atoms with van der Waals surface area (Å²) in [6, 6.07) is 3.60. The number of aliphatic imine (C=N–C) groups is 1. The highest BCUT2D eigenvalue weighted by atomic mass is 127. The Balaban J connectivity index is 3.04. The van der Waals surface area contributed by atoms with Crippen LogP contribution >= 0.6 is 45.2 Å². The first-order valence-electron chi connectivity index (χ1n) is 5.57. The number of phenolic OH excluding ortho intramolecular Hbond substituents is 1. The van der Waals surface area contributed by atoms with E-state index in [-0.39, 0.29) is 23.8 Å². The maximum absolute atomic E-state index is 9.95. The van der Waals surface area contributed by atoms with Crippen molar-refractivity contribution in [2.45, 2.75) is 26.8 Å². The van der Waals surface area contributed by atoms with Gasteiger partial charge in [-0.05, 0) is 62.7 Å². The van der Waals surface area contributed by atoms with Gasteiger partial charge in [0.2, 0.25) is 0 Å². The highest BCUT2D eigenvalue weighted by molar-refractivity contribution is 14.1. The third kappa shape index (κ3) is 4.34. The minimum atomic E-state index is -0.174. The number of nitrogens with zero attached hydrogens (tertiary/aromatic N) is 1. The van der Waals surface area contributed by atoms with E-state index in [2.05, 4.69) is 50.2 Å². The lowest BCUT2D eigenvalue weighted by Crippen LogP contribution is -2.28. The monoisotopic (exact) mass is 473 g/mol. The Morgan fingerprint density at radius 1 is 1.33 bits per heavy atom. The molecule has 0 aliphatic rings. The van der Waals surface area contributed by atoms with Crippen molar-refractivity contribution in [3.05, 3.63) is 24.8 Å². The van der Waals surface area contributed by atoms with Gasteiger partial charge in [0.05, 0.1) is 16.2 Å². The Morgan fingerprint density at radius 3 is 2.44 bits per heavy atom. The first kappa shape index (κ1) is 16.2. The third-order valence-electron chi connectivity index (χ3n) is 2.62. The molecule has 3 nitrogen and oxygen atoms in total. The van der Waals surface area contributed by atoms with Gasteiger partial charge in [0, 0.05) is 15.3 Å². The van der Waals surface area contributed by atoms with E-state index in [0.717, 1.165) is 7.14 Å². The van der Waals surface area contributed by atoms with Crippen LogP contribution in [0.3, 0.4) is 0 Å². The number of benzene rings is 1. The molecule has 2 N–H and O–H groups in total. The van der Waals surface area contributed by atoms with Crippen LogP contribution in [0.4, 0.5) is 0 Å². The Morgan fingerprint density at radius 2 is 1.94 bits per heavy atom. The molecule has 1 aromatic carbocycles. The second-order valence-corrected chi connectivity index (χ2v) is 7.58. The van der Waals surface area contributed by atoms with Crippen LogP contribution in [0.1, 0.15) is 26.3 Å². The van der Waals surface area contributed by atoms with Gasteiger partial charge >= 0.3 is 0 Å². The molecular formula is C13H17I2NO2. The fourth-order valence-corrected chi connectivity index (χ4v) is 3.29. The lowest BCUT2D eigenvalue weighted by Gasteiger charge is -2.25. The Hall–Kier alpha value is 0.110. The van der Waals surface area contributed by atoms with Crippen LogP contribution in [0.15, 0.2) is 17.1 Å². The van der Waals surface area contributed by atoms with Crippen molar-refractivity contribution in [3.8, 4) is 5.75 Å². The molecule has 0 aliphatic carbocycles. The number of halogens is 2. The molecule has 0 aliphatic heterocycles. The lowest BCUT2D eigenvalue weighted by molar-refractivity contribution is 0.191. The summed E-state index contributed by atoms with van der Waals surface area (Å²) in [4.78, 5) is 4.39. The van der Waals surface area contributed by atoms with Crippen molar-refractivity contribution in [1.82, 2.24) is 0 Å². The minimum absolute atomic E-state index is 0.00177. The first-order valence-corrected chi connectivity index (χ1v) is 7.73. The van der Waals surface area contributed by atoms with Crippen LogP contribution in [-0.4, -0.2) is 29.1 Å². The van der Waals surface area contributed by atoms with Crippen molar-refractivity contribution < 1.29 is 10.2 Å². The largest absolute Gasteiger partial charge is 0.506 e. The Labute approximate surface area is 135 Å². The van der Waals surface area contributed by atoms with Crippen LogP contribution in [0.25, 0.3) is 0 Å². The summed E-state index contributed by atoms with van der Waals surface area (Å²) >= 11 is 4.30. The van der Waals surface area contributed by atoms with Crippen LogP contribution < -0.4 is 0 Å². The zero-order chi connectivity index (χ0) is 13.9. The van der Waals surface area contributed by atoms with E-state index in [0.29, 0.717) is 5.56 Å². The molecule has 1 atom stereocenters. The van der Waals surface area contributed by atoms with E-state index < -0.39 is 0 Å². The van der Waals surface area contributed by atoms with Gasteiger partial charge in [0.25, 0.3) is 0 Å². The van der Waals surface area contributed by atoms with Crippen LogP contribution in [0.2, 0.25) is 0 Å². The number of aromatic hydroxyl groups is 1. The van der Waals surface area contributed by atoms with Crippen molar-refractivity contribution in [3.63, 3.8) is 0 Å². The van der Waals surface area contributed by atoms with E-state index in [4.69, 9.17) is 0 Å². The molecule has 100 valence electrons. The van der Waals surface area contributed by atoms with E-state index in [1.54, 1.807) is 6.21 Å². The summed E-state index contributed by atoms with van der Waals surface area (Å²) in [5.41, 5.74) is 0.588. The summed E-state index contributed by atoms with van der Waals surface area (Å²) in [7, 11) is 0. The topological polar surface area (TPSA) is 52.8 Å². The number of aliphatic hydroxyl groups is 1. The van der Waals surface area contributed by atoms with Gasteiger partial charge in [0.15, 0.2) is 0 Å². The molecule has 0 heterocycles. The molecule has 0 aromatic heterocycles. The third-order valence-corrected chi connectivity index (χ3v) is 4.07. The number of phenols is 1. The van der Waals surface area contributed by atoms with Crippen molar-refractivity contribution in [2.24, 2.45) is 10.4 Å². The van der Waals surface area contributed by atoms with Gasteiger partial charge in [-0.1, -0.05) is 20.8 Å². The van der Waals surface area contributed by atoms with Crippen molar-refractivity contribution in [2.75, 3.05) is 6.61 Å². The molecule has 0 bridgehead atoms. The highest BCUT2D eigenvalue weighted by Gasteiger charge is 2.22. The molecule has 0 saturated heterocycles. The van der Waals surface area contributed by atoms with Gasteiger partial charge in [-0.2, -0.15) is 0 Å². The predicted molar refractivity (Wildman–Crippen MR) is 91.5 cm³/mol. The van der Waals surface area contributed by atoms with Crippen LogP contribution in [0, 0.1) is 12.6 Å². The summed E-state index contributed by atoms with van der Waals surface area (Å²) in [6.07, 6.45) is 1.64. The molecular weight excluding hydrogens is 456 g/mol. The molecule has 0 spiro atoms. The van der Waals surface area contributed by atoms with Gasteiger partial charge in [0.1, 0.15) is 5.75 Å². The number of hydrogen-bond donors (Lipinski definition) is 2. The zero-order valence-electron chi connectivity index (χ0n) is 10.6. The highest BCUT2D eigenvalue weighted by Crippen LogP contribution is 2.27. The average Bonchev–Trinajstić information content (AvgIpc) is 2.23. The number of rotatable bonds is 3. The van der Waals surface area contributed by atoms with E-state index >= 15 is 0 Å². The molecule has 5 heteroatoms. The second-order valence-electron chi connectivity index (χ2n) is 5.17. The quantitative estimate of drug-likeness (QED) is 0.523. The molecule has 0 radical (unpaired) electrons. The van der Waals surface area contributed by atoms with Crippen LogP contribution in [0.5, 0.6) is 5.75 Å². The first-order chi connectivity index (χ1) is 8.25. The summed E-state index contributed by atoms with van der Waals surface area (Å²) in [5.74, 6) is 0.241. The predicted octanol–water partition coefficient (Wildman–Crippen LogP) is 3.43. The maximum Gasteiger partial charge on any atom is 0.137 e. The summed E-state index contributed by atoms with van der Waals surface area (Å²) in [5, 5.41) is 19.3. The molecule has 0 fully saturated rings. The maximum atomic E-state index is 9.95. The normalized spacial score (nSPS) is 14.1. The summed E-state index contributed by atoms with van der Waals surface area (Å²) in [6.45, 7) is 6.10. The summed E-state index contributed by atoms with van der Waals surface area (Å²) < 4.78 is 1.85. The Bertz CT molecular complexity index is 453. The van der Waals surface area contributed by atoms with Gasteiger partial charge < -0.3 is 10.2 Å². The van der Waals surface area contributed by atoms with Crippen LogP contribution in [-0.2, 0) is 0 Å². The lowest BCUT2D eigenvalue weighted by atomic mass is 9.88. The van der Waals surface area contributed by atoms with E-state index in [1.807, 2.05) is 32.9 Å². The molecule has 1 aromatic rings. The SMILES string of the molecule is CC(C)(C)[C@@H](CO)N=Cc1cc(I)cc(I)c1O. The average molecular weight is 473 g/mol. The minimum Gasteiger partial charge on any atom is -0.506 e. The molecule has 18 heavy (non-hydrogen) atoms. The molecule has 1 rings (SSSR count).